The fraction of sp³-hybridized carbons (Fsp3) is 1.00. The highest BCUT2D eigenvalue weighted by Gasteiger charge is 2.29. The van der Waals surface area contributed by atoms with Gasteiger partial charge in [0.1, 0.15) is 0 Å². The van der Waals surface area contributed by atoms with Gasteiger partial charge < -0.3 is 0 Å². The van der Waals surface area contributed by atoms with Gasteiger partial charge in [-0.2, -0.15) is 0 Å². The summed E-state index contributed by atoms with van der Waals surface area (Å²) in [4.78, 5) is 0. The third-order valence-corrected chi connectivity index (χ3v) is 4.10. The zero-order valence-corrected chi connectivity index (χ0v) is 9.34. The quantitative estimate of drug-likeness (QED) is 0.523. The minimum Gasteiger partial charge on any atom is -0.271 e. The largest absolute Gasteiger partial charge is 0.271 e. The minimum atomic E-state index is 0.598. The summed E-state index contributed by atoms with van der Waals surface area (Å²) >= 11 is 0. The van der Waals surface area contributed by atoms with E-state index >= 15 is 0 Å². The van der Waals surface area contributed by atoms with Crippen LogP contribution in [0.15, 0.2) is 0 Å². The number of rotatable bonds is 5. The van der Waals surface area contributed by atoms with E-state index in [9.17, 15) is 0 Å². The Morgan fingerprint density at radius 2 is 2.07 bits per heavy atom. The molecule has 3 unspecified atom stereocenters. The predicted molar refractivity (Wildman–Crippen MR) is 59.6 cm³/mol. The molecule has 0 aromatic carbocycles. The van der Waals surface area contributed by atoms with Gasteiger partial charge in [-0.1, -0.05) is 26.2 Å². The number of hydrogen-bond acceptors (Lipinski definition) is 2. The van der Waals surface area contributed by atoms with Crippen molar-refractivity contribution in [2.45, 2.75) is 57.9 Å². The van der Waals surface area contributed by atoms with Gasteiger partial charge in [0.15, 0.2) is 0 Å². The average Bonchev–Trinajstić information content (AvgIpc) is 2.90. The molecule has 0 saturated heterocycles. The van der Waals surface area contributed by atoms with E-state index in [4.69, 9.17) is 5.84 Å². The van der Waals surface area contributed by atoms with Crippen molar-refractivity contribution in [2.75, 3.05) is 0 Å². The molecule has 2 heteroatoms. The first-order chi connectivity index (χ1) is 6.79. The highest BCUT2D eigenvalue weighted by atomic mass is 15.2. The van der Waals surface area contributed by atoms with Crippen LogP contribution in [-0.2, 0) is 0 Å². The van der Waals surface area contributed by atoms with Gasteiger partial charge >= 0.3 is 0 Å². The molecule has 0 spiro atoms. The molecule has 82 valence electrons. The Morgan fingerprint density at radius 1 is 1.29 bits per heavy atom. The van der Waals surface area contributed by atoms with Gasteiger partial charge in [0.05, 0.1) is 0 Å². The molecular formula is C12H24N2. The summed E-state index contributed by atoms with van der Waals surface area (Å²) in [6.07, 6.45) is 9.83. The van der Waals surface area contributed by atoms with Gasteiger partial charge in [-0.05, 0) is 43.4 Å². The van der Waals surface area contributed by atoms with Gasteiger partial charge in [0.25, 0.3) is 0 Å². The van der Waals surface area contributed by atoms with Crippen LogP contribution in [0.4, 0.5) is 0 Å². The van der Waals surface area contributed by atoms with E-state index in [1.165, 1.54) is 44.9 Å². The van der Waals surface area contributed by atoms with Crippen LogP contribution in [0.3, 0.4) is 0 Å². The lowest BCUT2D eigenvalue weighted by Crippen LogP contribution is -2.40. The first-order valence-corrected chi connectivity index (χ1v) is 6.25. The maximum atomic E-state index is 5.65. The number of nitrogens with one attached hydrogen (secondary N) is 1. The Labute approximate surface area is 87.6 Å². The Balaban J connectivity index is 1.73. The monoisotopic (exact) mass is 196 g/mol. The number of nitrogens with two attached hydrogens (primary N) is 1. The molecule has 2 fully saturated rings. The average molecular weight is 196 g/mol. The second-order valence-corrected chi connectivity index (χ2v) is 5.47. The van der Waals surface area contributed by atoms with Crippen LogP contribution in [-0.4, -0.2) is 6.04 Å². The maximum absolute atomic E-state index is 5.65. The van der Waals surface area contributed by atoms with E-state index in [-0.39, 0.29) is 0 Å². The highest BCUT2D eigenvalue weighted by molar-refractivity contribution is 4.84. The van der Waals surface area contributed by atoms with Crippen LogP contribution in [0.1, 0.15) is 51.9 Å². The van der Waals surface area contributed by atoms with Gasteiger partial charge in [-0.15, -0.1) is 0 Å². The van der Waals surface area contributed by atoms with Crippen LogP contribution in [0.2, 0.25) is 0 Å². The first-order valence-electron chi connectivity index (χ1n) is 6.25. The predicted octanol–water partition coefficient (Wildman–Crippen LogP) is 2.44. The molecule has 2 saturated carbocycles. The molecule has 3 N–H and O–H groups in total. The zero-order valence-electron chi connectivity index (χ0n) is 9.34. The normalized spacial score (nSPS) is 34.7. The maximum Gasteiger partial charge on any atom is 0.0238 e. The van der Waals surface area contributed by atoms with Crippen molar-refractivity contribution in [1.82, 2.24) is 5.43 Å². The molecule has 2 aliphatic rings. The van der Waals surface area contributed by atoms with Crippen molar-refractivity contribution in [3.05, 3.63) is 0 Å². The summed E-state index contributed by atoms with van der Waals surface area (Å²) < 4.78 is 0. The molecule has 3 atom stereocenters. The van der Waals surface area contributed by atoms with E-state index in [1.54, 1.807) is 0 Å². The van der Waals surface area contributed by atoms with Crippen molar-refractivity contribution in [3.8, 4) is 0 Å². The Kier molecular flexibility index (Phi) is 3.45. The van der Waals surface area contributed by atoms with Gasteiger partial charge in [0, 0.05) is 6.04 Å². The van der Waals surface area contributed by atoms with E-state index in [1.807, 2.05) is 0 Å². The third-order valence-electron chi connectivity index (χ3n) is 4.10. The third kappa shape index (κ3) is 2.71. The van der Waals surface area contributed by atoms with Gasteiger partial charge in [0.2, 0.25) is 0 Å². The van der Waals surface area contributed by atoms with Crippen LogP contribution in [0, 0.1) is 17.8 Å². The van der Waals surface area contributed by atoms with Crippen molar-refractivity contribution >= 4 is 0 Å². The van der Waals surface area contributed by atoms with Crippen molar-refractivity contribution in [2.24, 2.45) is 23.6 Å². The molecule has 0 heterocycles. The van der Waals surface area contributed by atoms with Crippen molar-refractivity contribution in [3.63, 3.8) is 0 Å². The molecular weight excluding hydrogens is 172 g/mol. The summed E-state index contributed by atoms with van der Waals surface area (Å²) in [6.45, 7) is 2.37. The second-order valence-electron chi connectivity index (χ2n) is 5.47. The fourth-order valence-corrected chi connectivity index (χ4v) is 2.89. The number of hydrazine groups is 1. The summed E-state index contributed by atoms with van der Waals surface area (Å²) in [5.41, 5.74) is 3.05. The fourth-order valence-electron chi connectivity index (χ4n) is 2.89. The Hall–Kier alpha value is -0.0800. The van der Waals surface area contributed by atoms with Gasteiger partial charge in [-0.3, -0.25) is 11.3 Å². The van der Waals surface area contributed by atoms with Crippen LogP contribution in [0.25, 0.3) is 0 Å². The molecule has 2 aliphatic carbocycles. The van der Waals surface area contributed by atoms with E-state index in [0.717, 1.165) is 17.8 Å². The topological polar surface area (TPSA) is 38.0 Å². The zero-order chi connectivity index (χ0) is 9.97. The van der Waals surface area contributed by atoms with E-state index in [2.05, 4.69) is 12.3 Å². The summed E-state index contributed by atoms with van der Waals surface area (Å²) in [5.74, 6) is 8.48. The lowest BCUT2D eigenvalue weighted by molar-refractivity contribution is 0.326. The Morgan fingerprint density at radius 3 is 2.57 bits per heavy atom. The van der Waals surface area contributed by atoms with Crippen LogP contribution >= 0.6 is 0 Å². The summed E-state index contributed by atoms with van der Waals surface area (Å²) in [5, 5.41) is 0. The highest BCUT2D eigenvalue weighted by Crippen LogP contribution is 2.37. The molecule has 0 aromatic heterocycles. The van der Waals surface area contributed by atoms with Crippen LogP contribution in [0.5, 0.6) is 0 Å². The van der Waals surface area contributed by atoms with E-state index in [0.29, 0.717) is 6.04 Å². The van der Waals surface area contributed by atoms with Crippen molar-refractivity contribution in [1.29, 1.82) is 0 Å². The minimum absolute atomic E-state index is 0.598. The smallest absolute Gasteiger partial charge is 0.0238 e. The van der Waals surface area contributed by atoms with E-state index < -0.39 is 0 Å². The molecule has 2 rings (SSSR count). The molecule has 0 aliphatic heterocycles. The SMILES string of the molecule is CC1CCC(C(CCC2CC2)NN)C1. The first kappa shape index (κ1) is 10.4. The summed E-state index contributed by atoms with van der Waals surface area (Å²) in [6, 6.07) is 0.598. The van der Waals surface area contributed by atoms with Crippen LogP contribution < -0.4 is 11.3 Å². The lowest BCUT2D eigenvalue weighted by atomic mass is 9.93. The Bertz CT molecular complexity index is 177. The molecule has 0 bridgehead atoms. The number of hydrogen-bond donors (Lipinski definition) is 2. The molecule has 14 heavy (non-hydrogen) atoms. The standard InChI is InChI=1S/C12H24N2/c1-9-2-6-11(8-9)12(14-13)7-5-10-3-4-10/h9-12,14H,2-8,13H2,1H3. The van der Waals surface area contributed by atoms with Gasteiger partial charge in [-0.25, -0.2) is 0 Å². The summed E-state index contributed by atoms with van der Waals surface area (Å²) in [7, 11) is 0. The lowest BCUT2D eigenvalue weighted by Gasteiger charge is -2.22. The second kappa shape index (κ2) is 4.63. The molecule has 0 amide bonds. The molecule has 0 radical (unpaired) electrons. The molecule has 0 aromatic rings. The van der Waals surface area contributed by atoms with Crippen molar-refractivity contribution < 1.29 is 0 Å². The molecule has 2 nitrogen and oxygen atoms in total.